The summed E-state index contributed by atoms with van der Waals surface area (Å²) in [6.07, 6.45) is 7.05. The van der Waals surface area contributed by atoms with Crippen molar-refractivity contribution in [3.8, 4) is 0 Å². The van der Waals surface area contributed by atoms with Gasteiger partial charge in [-0.2, -0.15) is 0 Å². The van der Waals surface area contributed by atoms with Crippen LogP contribution < -0.4 is 5.32 Å². The van der Waals surface area contributed by atoms with E-state index in [-0.39, 0.29) is 0 Å². The van der Waals surface area contributed by atoms with E-state index in [2.05, 4.69) is 27.1 Å². The van der Waals surface area contributed by atoms with Crippen molar-refractivity contribution >= 4 is 17.2 Å². The van der Waals surface area contributed by atoms with Gasteiger partial charge in [-0.25, -0.2) is 0 Å². The van der Waals surface area contributed by atoms with Gasteiger partial charge in [0, 0.05) is 5.38 Å². The maximum atomic E-state index is 3.94. The summed E-state index contributed by atoms with van der Waals surface area (Å²) in [5.41, 5.74) is 1.99. The van der Waals surface area contributed by atoms with E-state index in [4.69, 9.17) is 0 Å². The third-order valence-electron chi connectivity index (χ3n) is 1.45. The Hall–Kier alpha value is -1.16. The molecule has 0 aliphatic carbocycles. The largest absolute Gasteiger partial charge is 0.360 e. The molecule has 0 radical (unpaired) electrons. The summed E-state index contributed by atoms with van der Waals surface area (Å²) in [7, 11) is 0. The lowest BCUT2D eigenvalue weighted by atomic mass is 10.2. The van der Waals surface area contributed by atoms with E-state index < -0.39 is 0 Å². The molecule has 0 atom stereocenters. The van der Waals surface area contributed by atoms with E-state index in [0.717, 1.165) is 17.8 Å². The van der Waals surface area contributed by atoms with E-state index in [1.807, 2.05) is 11.6 Å². The molecule has 56 valence electrons. The van der Waals surface area contributed by atoms with Crippen LogP contribution in [-0.2, 0) is 0 Å². The molecule has 3 nitrogen and oxygen atoms in total. The molecular weight excluding hydrogens is 158 g/mol. The summed E-state index contributed by atoms with van der Waals surface area (Å²) in [5, 5.41) is 8.98. The Labute approximate surface area is 68.6 Å². The first-order valence-corrected chi connectivity index (χ1v) is 4.19. The summed E-state index contributed by atoms with van der Waals surface area (Å²) >= 11 is 1.37. The lowest BCUT2D eigenvalue weighted by Crippen LogP contribution is -2.06. The molecule has 0 saturated heterocycles. The molecule has 11 heavy (non-hydrogen) atoms. The zero-order chi connectivity index (χ0) is 7.52. The molecule has 0 unspecified atom stereocenters. The smallest absolute Gasteiger partial charge is 0.121 e. The van der Waals surface area contributed by atoms with Crippen LogP contribution in [0, 0.1) is 0 Å². The fraction of sp³-hybridized carbons (Fsp3) is 0.143. The number of rotatable bonds is 1. The van der Waals surface area contributed by atoms with Crippen LogP contribution in [0.15, 0.2) is 23.7 Å². The van der Waals surface area contributed by atoms with E-state index in [0.29, 0.717) is 0 Å². The monoisotopic (exact) mass is 165 g/mol. The Kier molecular flexibility index (Phi) is 1.69. The zero-order valence-electron chi connectivity index (χ0n) is 5.82. The fourth-order valence-corrected chi connectivity index (χ4v) is 1.38. The molecule has 1 aromatic rings. The number of nitrogens with zero attached hydrogens (tertiary/aromatic N) is 2. The molecule has 0 saturated carbocycles. The van der Waals surface area contributed by atoms with Gasteiger partial charge in [-0.05, 0) is 24.2 Å². The third kappa shape index (κ3) is 1.30. The van der Waals surface area contributed by atoms with Crippen molar-refractivity contribution in [2.24, 2.45) is 0 Å². The predicted octanol–water partition coefficient (Wildman–Crippen LogP) is 1.39. The molecule has 0 fully saturated rings. The van der Waals surface area contributed by atoms with Gasteiger partial charge in [0.2, 0.25) is 0 Å². The highest BCUT2D eigenvalue weighted by molar-refractivity contribution is 7.03. The number of hydrogen-bond acceptors (Lipinski definition) is 4. The Balaban J connectivity index is 2.24. The van der Waals surface area contributed by atoms with Gasteiger partial charge >= 0.3 is 0 Å². The molecule has 1 aliphatic rings. The molecular formula is C7H7N3S. The van der Waals surface area contributed by atoms with Crippen LogP contribution in [0.4, 0.5) is 0 Å². The number of hydrogen-bond donors (Lipinski definition) is 1. The molecule has 1 aliphatic heterocycles. The van der Waals surface area contributed by atoms with Crippen LogP contribution >= 0.6 is 11.5 Å². The Morgan fingerprint density at radius 1 is 1.55 bits per heavy atom. The lowest BCUT2D eigenvalue weighted by molar-refractivity contribution is 1.06. The molecule has 0 aromatic carbocycles. The summed E-state index contributed by atoms with van der Waals surface area (Å²) in [5.74, 6) is 0. The topological polar surface area (TPSA) is 37.8 Å². The summed E-state index contributed by atoms with van der Waals surface area (Å²) in [4.78, 5) is 0. The highest BCUT2D eigenvalue weighted by atomic mass is 32.1. The van der Waals surface area contributed by atoms with Gasteiger partial charge in [-0.3, -0.25) is 0 Å². The standard InChI is InChI=1S/C7H7N3S/c1-2-4-8-6(3-1)7-5-11-10-9-7/h2-5,8H,1H2. The van der Waals surface area contributed by atoms with Crippen molar-refractivity contribution in [1.29, 1.82) is 0 Å². The summed E-state index contributed by atoms with van der Waals surface area (Å²) in [6, 6.07) is 0. The molecule has 2 heterocycles. The van der Waals surface area contributed by atoms with Crippen molar-refractivity contribution in [3.63, 3.8) is 0 Å². The second-order valence-corrected chi connectivity index (χ2v) is 2.80. The van der Waals surface area contributed by atoms with Crippen LogP contribution in [0.25, 0.3) is 5.70 Å². The van der Waals surface area contributed by atoms with Gasteiger partial charge in [0.15, 0.2) is 0 Å². The quantitative estimate of drug-likeness (QED) is 0.683. The molecule has 0 spiro atoms. The van der Waals surface area contributed by atoms with Crippen molar-refractivity contribution in [1.82, 2.24) is 14.9 Å². The van der Waals surface area contributed by atoms with Crippen molar-refractivity contribution < 1.29 is 0 Å². The van der Waals surface area contributed by atoms with Crippen LogP contribution in [-0.4, -0.2) is 9.59 Å². The minimum absolute atomic E-state index is 0.930. The molecule has 0 bridgehead atoms. The molecule has 1 N–H and O–H groups in total. The number of allylic oxidation sites excluding steroid dienone is 2. The Morgan fingerprint density at radius 3 is 3.18 bits per heavy atom. The summed E-state index contributed by atoms with van der Waals surface area (Å²) in [6.45, 7) is 0. The minimum atomic E-state index is 0.930. The zero-order valence-corrected chi connectivity index (χ0v) is 6.64. The van der Waals surface area contributed by atoms with E-state index in [1.165, 1.54) is 11.5 Å². The SMILES string of the molecule is C1=CNC(c2csnn2)=CC1. The maximum absolute atomic E-state index is 3.94. The number of nitrogens with one attached hydrogen (secondary N) is 1. The second-order valence-electron chi connectivity index (χ2n) is 2.19. The van der Waals surface area contributed by atoms with Gasteiger partial charge in [-0.1, -0.05) is 16.6 Å². The van der Waals surface area contributed by atoms with E-state index in [1.54, 1.807) is 0 Å². The van der Waals surface area contributed by atoms with E-state index in [9.17, 15) is 0 Å². The van der Waals surface area contributed by atoms with Crippen molar-refractivity contribution in [2.75, 3.05) is 0 Å². The number of dihydropyridines is 1. The van der Waals surface area contributed by atoms with Crippen LogP contribution in [0.3, 0.4) is 0 Å². The minimum Gasteiger partial charge on any atom is -0.360 e. The van der Waals surface area contributed by atoms with Crippen molar-refractivity contribution in [2.45, 2.75) is 6.42 Å². The van der Waals surface area contributed by atoms with Gasteiger partial charge in [0.05, 0.1) is 5.70 Å². The molecule has 2 rings (SSSR count). The highest BCUT2D eigenvalue weighted by Crippen LogP contribution is 2.12. The molecule has 1 aromatic heterocycles. The van der Waals surface area contributed by atoms with Gasteiger partial charge < -0.3 is 5.32 Å². The van der Waals surface area contributed by atoms with Gasteiger partial charge in [0.1, 0.15) is 5.69 Å². The highest BCUT2D eigenvalue weighted by Gasteiger charge is 2.03. The average molecular weight is 165 g/mol. The van der Waals surface area contributed by atoms with Crippen LogP contribution in [0.1, 0.15) is 12.1 Å². The van der Waals surface area contributed by atoms with Gasteiger partial charge in [-0.15, -0.1) is 5.10 Å². The molecule has 0 amide bonds. The first-order valence-electron chi connectivity index (χ1n) is 3.36. The van der Waals surface area contributed by atoms with Gasteiger partial charge in [0.25, 0.3) is 0 Å². The van der Waals surface area contributed by atoms with Crippen LogP contribution in [0.5, 0.6) is 0 Å². The predicted molar refractivity (Wildman–Crippen MR) is 44.8 cm³/mol. The van der Waals surface area contributed by atoms with Crippen LogP contribution in [0.2, 0.25) is 0 Å². The van der Waals surface area contributed by atoms with E-state index >= 15 is 0 Å². The Morgan fingerprint density at radius 2 is 2.55 bits per heavy atom. The maximum Gasteiger partial charge on any atom is 0.121 e. The second kappa shape index (κ2) is 2.84. The first-order chi connectivity index (χ1) is 5.47. The normalized spacial score (nSPS) is 15.8. The first kappa shape index (κ1) is 6.54. The average Bonchev–Trinajstić information content (AvgIpc) is 2.58. The fourth-order valence-electron chi connectivity index (χ4n) is 0.922. The Bertz CT molecular complexity index is 287. The summed E-state index contributed by atoms with van der Waals surface area (Å²) < 4.78 is 3.78. The third-order valence-corrected chi connectivity index (χ3v) is 1.96. The number of aromatic nitrogens is 2. The lowest BCUT2D eigenvalue weighted by Gasteiger charge is -2.06. The van der Waals surface area contributed by atoms with Crippen molar-refractivity contribution in [3.05, 3.63) is 29.4 Å². The molecule has 4 heteroatoms.